The van der Waals surface area contributed by atoms with E-state index in [9.17, 15) is 5.11 Å². The molecule has 0 spiro atoms. The van der Waals surface area contributed by atoms with E-state index in [-0.39, 0.29) is 12.1 Å². The minimum Gasteiger partial charge on any atom is -0.394 e. The fraction of sp³-hybridized carbons (Fsp3) is 0.625. The lowest BCUT2D eigenvalue weighted by atomic mass is 9.94. The topological polar surface area (TPSA) is 32.3 Å². The Labute approximate surface area is 111 Å². The van der Waals surface area contributed by atoms with Gasteiger partial charge in [-0.05, 0) is 25.5 Å². The summed E-state index contributed by atoms with van der Waals surface area (Å²) in [5.41, 5.74) is 0.885. The predicted octanol–water partition coefficient (Wildman–Crippen LogP) is 4.21. The highest BCUT2D eigenvalue weighted by Gasteiger charge is 2.22. The molecule has 0 saturated carbocycles. The van der Waals surface area contributed by atoms with Crippen molar-refractivity contribution in [3.8, 4) is 0 Å². The van der Waals surface area contributed by atoms with E-state index in [2.05, 4.69) is 19.2 Å². The van der Waals surface area contributed by atoms with Crippen LogP contribution in [0.15, 0.2) is 30.3 Å². The van der Waals surface area contributed by atoms with Crippen molar-refractivity contribution in [3.63, 3.8) is 0 Å². The molecule has 102 valence electrons. The zero-order chi connectivity index (χ0) is 13.3. The number of unbranched alkanes of at least 4 members (excludes halogenated alkanes) is 4. The van der Waals surface area contributed by atoms with Gasteiger partial charge in [-0.3, -0.25) is 0 Å². The van der Waals surface area contributed by atoms with E-state index in [1.807, 2.05) is 30.3 Å². The Morgan fingerprint density at radius 2 is 1.72 bits per heavy atom. The SMILES string of the molecule is CCCCCCCC(C)(CO)Nc1ccccc1. The summed E-state index contributed by atoms with van der Waals surface area (Å²) in [5, 5.41) is 13.0. The van der Waals surface area contributed by atoms with Gasteiger partial charge in [0.1, 0.15) is 0 Å². The lowest BCUT2D eigenvalue weighted by molar-refractivity contribution is 0.211. The molecule has 0 aliphatic heterocycles. The number of hydrogen-bond donors (Lipinski definition) is 2. The highest BCUT2D eigenvalue weighted by Crippen LogP contribution is 2.21. The smallest absolute Gasteiger partial charge is 0.0658 e. The van der Waals surface area contributed by atoms with Crippen molar-refractivity contribution in [2.75, 3.05) is 11.9 Å². The first-order chi connectivity index (χ1) is 8.70. The number of nitrogens with one attached hydrogen (secondary N) is 1. The molecule has 0 aromatic heterocycles. The van der Waals surface area contributed by atoms with Crippen LogP contribution in [0.5, 0.6) is 0 Å². The molecule has 1 aromatic rings. The van der Waals surface area contributed by atoms with Crippen molar-refractivity contribution in [2.45, 2.75) is 57.9 Å². The summed E-state index contributed by atoms with van der Waals surface area (Å²) in [6.07, 6.45) is 7.36. The molecule has 2 N–H and O–H groups in total. The van der Waals surface area contributed by atoms with Gasteiger partial charge in [-0.2, -0.15) is 0 Å². The molecule has 2 heteroatoms. The van der Waals surface area contributed by atoms with Crippen molar-refractivity contribution < 1.29 is 5.11 Å². The third-order valence-electron chi connectivity index (χ3n) is 3.40. The van der Waals surface area contributed by atoms with Crippen LogP contribution in [0, 0.1) is 0 Å². The van der Waals surface area contributed by atoms with Crippen LogP contribution < -0.4 is 5.32 Å². The molecule has 0 aliphatic rings. The Kier molecular flexibility index (Phi) is 6.81. The van der Waals surface area contributed by atoms with E-state index >= 15 is 0 Å². The molecule has 1 unspecified atom stereocenters. The second-order valence-electron chi connectivity index (χ2n) is 5.37. The average molecular weight is 249 g/mol. The molecule has 0 aliphatic carbocycles. The molecule has 0 amide bonds. The van der Waals surface area contributed by atoms with E-state index in [0.717, 1.165) is 12.1 Å². The zero-order valence-corrected chi connectivity index (χ0v) is 11.8. The van der Waals surface area contributed by atoms with E-state index < -0.39 is 0 Å². The van der Waals surface area contributed by atoms with Crippen LogP contribution in [0.3, 0.4) is 0 Å². The summed E-state index contributed by atoms with van der Waals surface area (Å²) in [6.45, 7) is 4.50. The molecule has 1 atom stereocenters. The fourth-order valence-electron chi connectivity index (χ4n) is 2.17. The van der Waals surface area contributed by atoms with Gasteiger partial charge in [0, 0.05) is 5.69 Å². The van der Waals surface area contributed by atoms with Crippen LogP contribution in [0.2, 0.25) is 0 Å². The molecular formula is C16H27NO. The molecule has 18 heavy (non-hydrogen) atoms. The first-order valence-corrected chi connectivity index (χ1v) is 7.14. The van der Waals surface area contributed by atoms with Gasteiger partial charge in [-0.15, -0.1) is 0 Å². The maximum atomic E-state index is 9.59. The van der Waals surface area contributed by atoms with Crippen molar-refractivity contribution in [3.05, 3.63) is 30.3 Å². The summed E-state index contributed by atoms with van der Waals surface area (Å²) in [6, 6.07) is 10.1. The van der Waals surface area contributed by atoms with Crippen molar-refractivity contribution in [2.24, 2.45) is 0 Å². The Bertz CT molecular complexity index is 312. The van der Waals surface area contributed by atoms with Crippen LogP contribution in [0.25, 0.3) is 0 Å². The Hall–Kier alpha value is -1.02. The number of aliphatic hydroxyl groups is 1. The van der Waals surface area contributed by atoms with Gasteiger partial charge in [-0.25, -0.2) is 0 Å². The first kappa shape index (κ1) is 15.0. The highest BCUT2D eigenvalue weighted by molar-refractivity contribution is 5.44. The maximum Gasteiger partial charge on any atom is 0.0658 e. The van der Waals surface area contributed by atoms with Crippen molar-refractivity contribution in [1.82, 2.24) is 0 Å². The second-order valence-corrected chi connectivity index (χ2v) is 5.37. The average Bonchev–Trinajstić information content (AvgIpc) is 2.40. The fourth-order valence-corrected chi connectivity index (χ4v) is 2.17. The normalized spacial score (nSPS) is 14.2. The molecule has 1 rings (SSSR count). The minimum absolute atomic E-state index is 0.176. The number of aliphatic hydroxyl groups excluding tert-OH is 1. The lowest BCUT2D eigenvalue weighted by Crippen LogP contribution is -2.38. The first-order valence-electron chi connectivity index (χ1n) is 7.14. The Balaban J connectivity index is 2.37. The molecule has 2 nitrogen and oxygen atoms in total. The zero-order valence-electron chi connectivity index (χ0n) is 11.8. The summed E-state index contributed by atoms with van der Waals surface area (Å²) in [5.74, 6) is 0. The van der Waals surface area contributed by atoms with Gasteiger partial charge in [0.05, 0.1) is 12.1 Å². The second kappa shape index (κ2) is 8.15. The van der Waals surface area contributed by atoms with Gasteiger partial charge in [-0.1, -0.05) is 57.2 Å². The number of para-hydroxylation sites is 1. The van der Waals surface area contributed by atoms with E-state index in [0.29, 0.717) is 0 Å². The standard InChI is InChI=1S/C16H27NO/c1-3-4-5-6-10-13-16(2,14-18)17-15-11-8-7-9-12-15/h7-9,11-12,17-18H,3-6,10,13-14H2,1-2H3. The van der Waals surface area contributed by atoms with Crippen molar-refractivity contribution in [1.29, 1.82) is 0 Å². The highest BCUT2D eigenvalue weighted by atomic mass is 16.3. The molecular weight excluding hydrogens is 222 g/mol. The van der Waals surface area contributed by atoms with Crippen LogP contribution >= 0.6 is 0 Å². The third-order valence-corrected chi connectivity index (χ3v) is 3.40. The summed E-state index contributed by atoms with van der Waals surface area (Å²) in [4.78, 5) is 0. The van der Waals surface area contributed by atoms with E-state index in [1.165, 1.54) is 32.1 Å². The third kappa shape index (κ3) is 5.54. The molecule has 0 fully saturated rings. The quantitative estimate of drug-likeness (QED) is 0.643. The largest absolute Gasteiger partial charge is 0.394 e. The van der Waals surface area contributed by atoms with Gasteiger partial charge in [0.25, 0.3) is 0 Å². The molecule has 0 radical (unpaired) electrons. The molecule has 0 heterocycles. The van der Waals surface area contributed by atoms with Gasteiger partial charge in [0.15, 0.2) is 0 Å². The van der Waals surface area contributed by atoms with Gasteiger partial charge in [0.2, 0.25) is 0 Å². The van der Waals surface area contributed by atoms with Crippen LogP contribution in [-0.2, 0) is 0 Å². The Morgan fingerprint density at radius 3 is 2.33 bits per heavy atom. The molecule has 0 bridgehead atoms. The minimum atomic E-state index is -0.201. The summed E-state index contributed by atoms with van der Waals surface area (Å²) >= 11 is 0. The van der Waals surface area contributed by atoms with Crippen LogP contribution in [0.1, 0.15) is 52.4 Å². The van der Waals surface area contributed by atoms with Crippen LogP contribution in [-0.4, -0.2) is 17.3 Å². The lowest BCUT2D eigenvalue weighted by Gasteiger charge is -2.30. The maximum absolute atomic E-state index is 9.59. The van der Waals surface area contributed by atoms with Crippen LogP contribution in [0.4, 0.5) is 5.69 Å². The van der Waals surface area contributed by atoms with Gasteiger partial charge < -0.3 is 10.4 Å². The summed E-state index contributed by atoms with van der Waals surface area (Å²) in [7, 11) is 0. The number of hydrogen-bond acceptors (Lipinski definition) is 2. The molecule has 0 saturated heterocycles. The number of anilines is 1. The molecule has 1 aromatic carbocycles. The van der Waals surface area contributed by atoms with Crippen molar-refractivity contribution >= 4 is 5.69 Å². The Morgan fingerprint density at radius 1 is 1.06 bits per heavy atom. The number of rotatable bonds is 9. The van der Waals surface area contributed by atoms with E-state index in [4.69, 9.17) is 0 Å². The predicted molar refractivity (Wildman–Crippen MR) is 78.9 cm³/mol. The number of benzene rings is 1. The monoisotopic (exact) mass is 249 g/mol. The van der Waals surface area contributed by atoms with E-state index in [1.54, 1.807) is 0 Å². The summed E-state index contributed by atoms with van der Waals surface area (Å²) < 4.78 is 0. The van der Waals surface area contributed by atoms with Gasteiger partial charge >= 0.3 is 0 Å².